The van der Waals surface area contributed by atoms with E-state index >= 15 is 0 Å². The van der Waals surface area contributed by atoms with Crippen LogP contribution in [0.5, 0.6) is 0 Å². The molecule has 1 aromatic heterocycles. The third-order valence-electron chi connectivity index (χ3n) is 5.19. The van der Waals surface area contributed by atoms with E-state index in [4.69, 9.17) is 13.3 Å². The van der Waals surface area contributed by atoms with Crippen LogP contribution in [-0.2, 0) is 33.1 Å². The molecule has 0 saturated heterocycles. The molecule has 4 aromatic rings. The highest BCUT2D eigenvalue weighted by atomic mass is 28.4. The summed E-state index contributed by atoms with van der Waals surface area (Å²) < 4.78 is 19.6. The number of benzene rings is 3. The molecule has 0 radical (unpaired) electrons. The average Bonchev–Trinajstić information content (AvgIpc) is 2.93. The van der Waals surface area contributed by atoms with Gasteiger partial charge < -0.3 is 18.6 Å². The van der Waals surface area contributed by atoms with E-state index in [2.05, 4.69) is 27.2 Å². The van der Waals surface area contributed by atoms with Crippen LogP contribution in [0.4, 0.5) is 5.95 Å². The third-order valence-corrected chi connectivity index (χ3v) is 7.56. The van der Waals surface area contributed by atoms with Crippen molar-refractivity contribution < 1.29 is 13.3 Å². The van der Waals surface area contributed by atoms with Crippen molar-refractivity contribution in [2.45, 2.75) is 33.2 Å². The molecule has 3 aromatic carbocycles. The second-order valence-corrected chi connectivity index (χ2v) is 10.4. The van der Waals surface area contributed by atoms with Crippen molar-refractivity contribution >= 4 is 20.2 Å². The summed E-state index contributed by atoms with van der Waals surface area (Å²) in [6.45, 7) is 3.75. The van der Waals surface area contributed by atoms with Gasteiger partial charge in [0, 0.05) is 6.54 Å². The number of hydrogen-bond donors (Lipinski definition) is 1. The molecule has 1 N–H and O–H groups in total. The van der Waals surface area contributed by atoms with Gasteiger partial charge in [0.05, 0.1) is 19.8 Å². The largest absolute Gasteiger partial charge is 0.577 e. The van der Waals surface area contributed by atoms with Crippen molar-refractivity contribution in [2.75, 3.05) is 11.9 Å². The van der Waals surface area contributed by atoms with Gasteiger partial charge >= 0.3 is 8.80 Å². The molecule has 7 nitrogen and oxygen atoms in total. The van der Waals surface area contributed by atoms with E-state index in [9.17, 15) is 0 Å². The molecule has 0 unspecified atom stereocenters. The lowest BCUT2D eigenvalue weighted by Crippen LogP contribution is -2.59. The topological polar surface area (TPSA) is 78.4 Å². The summed E-state index contributed by atoms with van der Waals surface area (Å²) in [7, 11) is -3.59. The highest BCUT2D eigenvalue weighted by Gasteiger charge is 2.48. The van der Waals surface area contributed by atoms with Gasteiger partial charge in [-0.05, 0) is 23.1 Å². The van der Waals surface area contributed by atoms with E-state index in [-0.39, 0.29) is 0 Å². The van der Waals surface area contributed by atoms with Gasteiger partial charge in [-0.25, -0.2) is 9.97 Å². The molecule has 35 heavy (non-hydrogen) atoms. The van der Waals surface area contributed by atoms with Crippen molar-refractivity contribution in [3.8, 4) is 0 Å². The number of nitrogens with one attached hydrogen (secondary N) is 1. The molecule has 180 valence electrons. The lowest BCUT2D eigenvalue weighted by atomic mass is 10.2. The van der Waals surface area contributed by atoms with Gasteiger partial charge in [0.25, 0.3) is 0 Å². The monoisotopic (exact) mass is 486 g/mol. The second kappa shape index (κ2) is 12.9. The van der Waals surface area contributed by atoms with Gasteiger partial charge in [0.2, 0.25) is 11.4 Å². The van der Waals surface area contributed by atoms with Crippen LogP contribution >= 0.6 is 0 Å². The first-order valence-corrected chi connectivity index (χ1v) is 13.5. The smallest absolute Gasteiger partial charge is 0.364 e. The molecule has 0 spiro atoms. The Bertz CT molecular complexity index is 1040. The van der Waals surface area contributed by atoms with E-state index in [0.29, 0.717) is 31.2 Å². The molecule has 0 fully saturated rings. The summed E-state index contributed by atoms with van der Waals surface area (Å²) in [5, 5.41) is 3.22. The first-order chi connectivity index (χ1) is 17.3. The summed E-state index contributed by atoms with van der Waals surface area (Å²) in [5.41, 5.74) is 3.41. The molecule has 0 aliphatic carbocycles. The number of hydrogen-bond acceptors (Lipinski definition) is 7. The van der Waals surface area contributed by atoms with Crippen LogP contribution in [0, 0.1) is 0 Å². The average molecular weight is 487 g/mol. The molecular weight excluding hydrogens is 456 g/mol. The van der Waals surface area contributed by atoms with Gasteiger partial charge in [0.15, 0.2) is 0 Å². The van der Waals surface area contributed by atoms with Crippen LogP contribution in [-0.4, -0.2) is 30.3 Å². The van der Waals surface area contributed by atoms with E-state index in [1.165, 1.54) is 6.33 Å². The first kappa shape index (κ1) is 24.7. The number of rotatable bonds is 13. The van der Waals surface area contributed by atoms with Gasteiger partial charge in [-0.15, -0.1) is 0 Å². The molecule has 0 amide bonds. The Morgan fingerprint density at radius 1 is 0.657 bits per heavy atom. The maximum absolute atomic E-state index is 6.52. The van der Waals surface area contributed by atoms with Crippen LogP contribution in [0.25, 0.3) is 0 Å². The van der Waals surface area contributed by atoms with Gasteiger partial charge in [-0.2, -0.15) is 4.98 Å². The molecule has 4 rings (SSSR count). The second-order valence-electron chi connectivity index (χ2n) is 7.94. The molecular formula is C27H30N4O3Si. The molecule has 8 heteroatoms. The fourth-order valence-electron chi connectivity index (χ4n) is 3.34. The minimum Gasteiger partial charge on any atom is -0.364 e. The maximum atomic E-state index is 6.52. The predicted octanol–water partition coefficient (Wildman–Crippen LogP) is 4.49. The normalized spacial score (nSPS) is 11.3. The Hall–Kier alpha value is -3.43. The summed E-state index contributed by atoms with van der Waals surface area (Å²) >= 11 is 0. The van der Waals surface area contributed by atoms with Crippen LogP contribution in [0.15, 0.2) is 97.3 Å². The lowest BCUT2D eigenvalue weighted by Gasteiger charge is -2.28. The number of anilines is 1. The molecule has 0 saturated carbocycles. The standard InChI is InChI=1S/C27H30N4O3Si/c1-2-18-28-26-29-22-30-27(31-26)35(32-19-23-12-6-3-7-13-23,33-20-24-14-8-4-9-15-24)34-21-25-16-10-5-11-17-25/h3-17,22H,2,18-21H2,1H3,(H,28,29,30,31). The summed E-state index contributed by atoms with van der Waals surface area (Å²) in [4.78, 5) is 13.4. The van der Waals surface area contributed by atoms with Gasteiger partial charge in [-0.3, -0.25) is 0 Å². The van der Waals surface area contributed by atoms with Crippen LogP contribution in [0.3, 0.4) is 0 Å². The Morgan fingerprint density at radius 2 is 1.11 bits per heavy atom. The van der Waals surface area contributed by atoms with E-state index in [1.807, 2.05) is 91.0 Å². The van der Waals surface area contributed by atoms with Crippen LogP contribution in [0.1, 0.15) is 30.0 Å². The molecule has 1 heterocycles. The zero-order valence-corrected chi connectivity index (χ0v) is 20.8. The summed E-state index contributed by atoms with van der Waals surface area (Å²) in [6.07, 6.45) is 2.43. The van der Waals surface area contributed by atoms with E-state index in [0.717, 1.165) is 29.7 Å². The minimum absolute atomic E-state index is 0.306. The summed E-state index contributed by atoms with van der Waals surface area (Å²) in [5.74, 6) is 0.476. The Balaban J connectivity index is 1.68. The minimum atomic E-state index is -3.59. The van der Waals surface area contributed by atoms with E-state index in [1.54, 1.807) is 0 Å². The molecule has 0 aliphatic heterocycles. The summed E-state index contributed by atoms with van der Waals surface area (Å²) in [6, 6.07) is 29.9. The number of nitrogens with zero attached hydrogens (tertiary/aromatic N) is 3. The van der Waals surface area contributed by atoms with E-state index < -0.39 is 8.80 Å². The SMILES string of the molecule is CCCNc1ncnc([Si](OCc2ccccc2)(OCc2ccccc2)OCc2ccccc2)n1. The van der Waals surface area contributed by atoms with Gasteiger partial charge in [-0.1, -0.05) is 97.9 Å². The fourth-order valence-corrected chi connectivity index (χ4v) is 5.51. The molecule has 0 aliphatic rings. The number of aromatic nitrogens is 3. The lowest BCUT2D eigenvalue weighted by molar-refractivity contribution is 0.0548. The van der Waals surface area contributed by atoms with Crippen molar-refractivity contribution in [1.29, 1.82) is 0 Å². The highest BCUT2D eigenvalue weighted by Crippen LogP contribution is 2.18. The maximum Gasteiger partial charge on any atom is 0.577 e. The Labute approximate surface area is 207 Å². The quantitative estimate of drug-likeness (QED) is 0.279. The molecule has 0 bridgehead atoms. The Morgan fingerprint density at radius 3 is 1.54 bits per heavy atom. The zero-order chi connectivity index (χ0) is 24.2. The van der Waals surface area contributed by atoms with Crippen molar-refractivity contribution in [3.05, 3.63) is 114 Å². The van der Waals surface area contributed by atoms with Crippen LogP contribution in [0.2, 0.25) is 0 Å². The van der Waals surface area contributed by atoms with Gasteiger partial charge in [0.1, 0.15) is 6.33 Å². The Kier molecular flexibility index (Phi) is 9.08. The van der Waals surface area contributed by atoms with Crippen LogP contribution < -0.4 is 10.8 Å². The first-order valence-electron chi connectivity index (χ1n) is 11.7. The van der Waals surface area contributed by atoms with Crippen molar-refractivity contribution in [3.63, 3.8) is 0 Å². The van der Waals surface area contributed by atoms with Crippen molar-refractivity contribution in [2.24, 2.45) is 0 Å². The highest BCUT2D eigenvalue weighted by molar-refractivity contribution is 6.73. The predicted molar refractivity (Wildman–Crippen MR) is 138 cm³/mol. The fraction of sp³-hybridized carbons (Fsp3) is 0.222. The molecule has 0 atom stereocenters. The third kappa shape index (κ3) is 7.27. The van der Waals surface area contributed by atoms with Crippen molar-refractivity contribution in [1.82, 2.24) is 15.0 Å². The zero-order valence-electron chi connectivity index (χ0n) is 19.8.